The second kappa shape index (κ2) is 9.44. The van der Waals surface area contributed by atoms with Crippen LogP contribution in [0.4, 0.5) is 0 Å². The van der Waals surface area contributed by atoms with E-state index in [0.29, 0.717) is 5.56 Å². The van der Waals surface area contributed by atoms with Crippen LogP contribution in [0.3, 0.4) is 0 Å². The molecule has 0 N–H and O–H groups in total. The van der Waals surface area contributed by atoms with Crippen molar-refractivity contribution < 1.29 is 11.3 Å². The van der Waals surface area contributed by atoms with Crippen LogP contribution in [0.2, 0.25) is 0 Å². The number of hydrogen-bond donors (Lipinski definition) is 0. The van der Waals surface area contributed by atoms with Crippen LogP contribution in [0.1, 0.15) is 6.85 Å². The first kappa shape index (κ1) is 19.5. The molecule has 0 saturated heterocycles. The summed E-state index contributed by atoms with van der Waals surface area (Å²) >= 11 is 0. The van der Waals surface area contributed by atoms with Crippen molar-refractivity contribution >= 4 is 54.3 Å². The fourth-order valence-electron chi connectivity index (χ4n) is 6.65. The number of furan rings is 1. The second-order valence-electron chi connectivity index (χ2n) is 10.9. The average molecular weight is 552 g/mol. The SMILES string of the molecule is [2H]c1c([2H])c([2H])c(-c2ccc(-c3c4ccccc4c(-c4cccc5oc6cc7ccccc7cc6c45)c4ccccc34)cc2)c([2H])c1[2H]. The molecule has 9 rings (SSSR count). The molecule has 0 aliphatic rings. The summed E-state index contributed by atoms with van der Waals surface area (Å²) in [5.41, 5.74) is 6.78. The molecule has 43 heavy (non-hydrogen) atoms. The summed E-state index contributed by atoms with van der Waals surface area (Å²) in [6.45, 7) is 0. The minimum atomic E-state index is -0.393. The maximum atomic E-state index is 8.47. The van der Waals surface area contributed by atoms with Gasteiger partial charge in [0.15, 0.2) is 0 Å². The molecule has 0 saturated carbocycles. The van der Waals surface area contributed by atoms with Gasteiger partial charge in [-0.3, -0.25) is 0 Å². The summed E-state index contributed by atoms with van der Waals surface area (Å²) in [4.78, 5) is 0. The lowest BCUT2D eigenvalue weighted by Gasteiger charge is -2.18. The van der Waals surface area contributed by atoms with Gasteiger partial charge in [-0.2, -0.15) is 0 Å². The predicted molar refractivity (Wildman–Crippen MR) is 183 cm³/mol. The Morgan fingerprint density at radius 1 is 0.419 bits per heavy atom. The molecule has 9 aromatic rings. The molecule has 0 spiro atoms. The van der Waals surface area contributed by atoms with Crippen LogP contribution in [0.5, 0.6) is 0 Å². The van der Waals surface area contributed by atoms with Gasteiger partial charge in [-0.1, -0.05) is 139 Å². The lowest BCUT2D eigenvalue weighted by Crippen LogP contribution is -1.91. The van der Waals surface area contributed by atoms with Gasteiger partial charge in [-0.15, -0.1) is 0 Å². The molecule has 1 heterocycles. The highest BCUT2D eigenvalue weighted by molar-refractivity contribution is 6.26. The standard InChI is InChI=1S/C42H26O/c1-2-11-27(12-3-1)28-21-23-29(24-22-28)40-32-15-6-8-17-34(32)41(35-18-9-7-16-33(35)40)36-19-10-20-38-42(36)37-25-30-13-4-5-14-31(30)26-39(37)43-38/h1-26H/i1D,2D,3D,11D,12D. The normalized spacial score (nSPS) is 13.3. The fourth-order valence-corrected chi connectivity index (χ4v) is 6.65. The monoisotopic (exact) mass is 551 g/mol. The minimum absolute atomic E-state index is 0.200. The summed E-state index contributed by atoms with van der Waals surface area (Å²) < 4.78 is 47.7. The maximum Gasteiger partial charge on any atom is 0.136 e. The number of benzene rings is 8. The minimum Gasteiger partial charge on any atom is -0.456 e. The Morgan fingerprint density at radius 2 is 1.00 bits per heavy atom. The van der Waals surface area contributed by atoms with Crippen molar-refractivity contribution in [2.45, 2.75) is 0 Å². The Morgan fingerprint density at radius 3 is 1.67 bits per heavy atom. The van der Waals surface area contributed by atoms with Gasteiger partial charge in [0, 0.05) is 10.8 Å². The lowest BCUT2D eigenvalue weighted by molar-refractivity contribution is 0.669. The number of rotatable bonds is 3. The van der Waals surface area contributed by atoms with Gasteiger partial charge in [-0.25, -0.2) is 0 Å². The Bertz CT molecular complexity index is 2690. The smallest absolute Gasteiger partial charge is 0.136 e. The van der Waals surface area contributed by atoms with E-state index in [1.807, 2.05) is 36.4 Å². The van der Waals surface area contributed by atoms with Crippen molar-refractivity contribution in [2.75, 3.05) is 0 Å². The summed E-state index contributed by atoms with van der Waals surface area (Å²) in [5.74, 6) is 0. The van der Waals surface area contributed by atoms with Gasteiger partial charge in [0.25, 0.3) is 0 Å². The van der Waals surface area contributed by atoms with Crippen molar-refractivity contribution in [3.8, 4) is 33.4 Å². The van der Waals surface area contributed by atoms with Crippen molar-refractivity contribution in [3.63, 3.8) is 0 Å². The molecule has 0 amide bonds. The van der Waals surface area contributed by atoms with E-state index in [2.05, 4.69) is 91.0 Å². The highest BCUT2D eigenvalue weighted by atomic mass is 16.3. The molecule has 0 unspecified atom stereocenters. The first-order chi connectivity index (χ1) is 23.4. The van der Waals surface area contributed by atoms with E-state index < -0.39 is 6.04 Å². The van der Waals surface area contributed by atoms with E-state index in [0.717, 1.165) is 71.1 Å². The van der Waals surface area contributed by atoms with Crippen LogP contribution < -0.4 is 0 Å². The summed E-state index contributed by atoms with van der Waals surface area (Å²) in [5, 5.41) is 8.90. The van der Waals surface area contributed by atoms with Gasteiger partial charge >= 0.3 is 0 Å². The number of fused-ring (bicyclic) bond motifs is 6. The predicted octanol–water partition coefficient (Wildman–Crippen LogP) is 12.0. The van der Waals surface area contributed by atoms with Crippen molar-refractivity contribution in [1.82, 2.24) is 0 Å². The first-order valence-electron chi connectivity index (χ1n) is 16.9. The molecule has 0 aliphatic heterocycles. The largest absolute Gasteiger partial charge is 0.456 e. The van der Waals surface area contributed by atoms with Crippen LogP contribution >= 0.6 is 0 Å². The van der Waals surface area contributed by atoms with Gasteiger partial charge in [0.05, 0.1) is 6.85 Å². The molecular weight excluding hydrogens is 520 g/mol. The van der Waals surface area contributed by atoms with E-state index in [-0.39, 0.29) is 29.7 Å². The van der Waals surface area contributed by atoms with E-state index in [4.69, 9.17) is 11.3 Å². The van der Waals surface area contributed by atoms with Crippen LogP contribution in [-0.2, 0) is 0 Å². The Balaban J connectivity index is 1.31. The third kappa shape index (κ3) is 3.72. The Hall–Kier alpha value is -5.66. The van der Waals surface area contributed by atoms with E-state index >= 15 is 0 Å². The summed E-state index contributed by atoms with van der Waals surface area (Å²) in [6, 6.07) is 42.2. The Kier molecular flexibility index (Phi) is 4.27. The average Bonchev–Trinajstić information content (AvgIpc) is 3.49. The maximum absolute atomic E-state index is 8.47. The van der Waals surface area contributed by atoms with Crippen LogP contribution in [0.15, 0.2) is 162 Å². The molecule has 0 aliphatic carbocycles. The zero-order valence-corrected chi connectivity index (χ0v) is 23.0. The third-order valence-electron chi connectivity index (χ3n) is 8.53. The quantitative estimate of drug-likeness (QED) is 0.199. The fraction of sp³-hybridized carbons (Fsp3) is 0. The van der Waals surface area contributed by atoms with Crippen LogP contribution in [-0.4, -0.2) is 0 Å². The molecule has 0 bridgehead atoms. The van der Waals surface area contributed by atoms with Crippen LogP contribution in [0, 0.1) is 0 Å². The molecule has 0 atom stereocenters. The zero-order valence-electron chi connectivity index (χ0n) is 28.0. The molecule has 1 aromatic heterocycles. The van der Waals surface area contributed by atoms with E-state index in [1.165, 1.54) is 5.39 Å². The molecule has 8 aromatic carbocycles. The number of hydrogen-bond acceptors (Lipinski definition) is 1. The summed E-state index contributed by atoms with van der Waals surface area (Å²) in [7, 11) is 0. The molecular formula is C42H26O. The van der Waals surface area contributed by atoms with Crippen molar-refractivity contribution in [2.24, 2.45) is 0 Å². The van der Waals surface area contributed by atoms with Crippen LogP contribution in [0.25, 0.3) is 87.6 Å². The molecule has 1 nitrogen and oxygen atoms in total. The van der Waals surface area contributed by atoms with Gasteiger partial charge < -0.3 is 4.42 Å². The lowest BCUT2D eigenvalue weighted by atomic mass is 9.84. The molecule has 200 valence electrons. The van der Waals surface area contributed by atoms with Gasteiger partial charge in [0.2, 0.25) is 0 Å². The van der Waals surface area contributed by atoms with Gasteiger partial charge in [-0.05, 0) is 83.9 Å². The molecule has 0 fully saturated rings. The van der Waals surface area contributed by atoms with Gasteiger partial charge in [0.1, 0.15) is 11.2 Å². The molecule has 1 heteroatoms. The first-order valence-corrected chi connectivity index (χ1v) is 14.4. The Labute approximate surface area is 256 Å². The third-order valence-corrected chi connectivity index (χ3v) is 8.53. The zero-order chi connectivity index (χ0) is 32.7. The summed E-state index contributed by atoms with van der Waals surface area (Å²) in [6.07, 6.45) is 0. The van der Waals surface area contributed by atoms with Crippen molar-refractivity contribution in [1.29, 1.82) is 0 Å². The highest BCUT2D eigenvalue weighted by Crippen LogP contribution is 2.47. The highest BCUT2D eigenvalue weighted by Gasteiger charge is 2.20. The van der Waals surface area contributed by atoms with Crippen molar-refractivity contribution in [3.05, 3.63) is 158 Å². The molecule has 0 radical (unpaired) electrons. The topological polar surface area (TPSA) is 13.1 Å². The van der Waals surface area contributed by atoms with E-state index in [1.54, 1.807) is 0 Å². The second-order valence-corrected chi connectivity index (χ2v) is 10.9. The van der Waals surface area contributed by atoms with E-state index in [9.17, 15) is 0 Å².